The Kier molecular flexibility index (Phi) is 14.8. The molecule has 0 aliphatic rings. The first kappa shape index (κ1) is 29.2. The zero-order valence-corrected chi connectivity index (χ0v) is 22.3. The molecule has 3 heteroatoms. The van der Waals surface area contributed by atoms with Gasteiger partial charge in [0.15, 0.2) is 0 Å². The maximum absolute atomic E-state index is 12.6. The molecule has 0 spiro atoms. The molecule has 0 aliphatic heterocycles. The van der Waals surface area contributed by atoms with Gasteiger partial charge in [-0.3, -0.25) is 4.79 Å². The van der Waals surface area contributed by atoms with E-state index in [1.807, 2.05) is 36.4 Å². The highest BCUT2D eigenvalue weighted by molar-refractivity contribution is 5.91. The molecule has 3 nitrogen and oxygen atoms in total. The Bertz CT molecular complexity index is 945. The predicted octanol–water partition coefficient (Wildman–Crippen LogP) is 9.36. The average Bonchev–Trinajstić information content (AvgIpc) is 2.88. The van der Waals surface area contributed by atoms with Crippen LogP contribution in [-0.2, 0) is 17.8 Å². The first-order valence-electron chi connectivity index (χ1n) is 13.6. The normalized spacial score (nSPS) is 11.2. The number of hydrogen-bond acceptors (Lipinski definition) is 2. The van der Waals surface area contributed by atoms with Gasteiger partial charge in [0.2, 0.25) is 5.91 Å². The van der Waals surface area contributed by atoms with E-state index in [9.17, 15) is 4.79 Å². The van der Waals surface area contributed by atoms with E-state index in [1.165, 1.54) is 24.0 Å². The minimum atomic E-state index is 0.0696. The zero-order valence-electron chi connectivity index (χ0n) is 22.3. The Morgan fingerprint density at radius 1 is 0.833 bits per heavy atom. The number of unbranched alkanes of at least 4 members (excludes halogenated alkanes) is 6. The molecule has 0 bridgehead atoms. The zero-order chi connectivity index (χ0) is 25.8. The van der Waals surface area contributed by atoms with Gasteiger partial charge in [-0.25, -0.2) is 0 Å². The summed E-state index contributed by atoms with van der Waals surface area (Å²) in [6, 6.07) is 16.3. The van der Waals surface area contributed by atoms with Crippen LogP contribution in [0.15, 0.2) is 85.5 Å². The highest BCUT2D eigenvalue weighted by Crippen LogP contribution is 2.24. The van der Waals surface area contributed by atoms with E-state index in [4.69, 9.17) is 4.74 Å². The second kappa shape index (κ2) is 18.2. The Balaban J connectivity index is 1.96. The van der Waals surface area contributed by atoms with Gasteiger partial charge in [-0.15, -0.1) is 13.2 Å². The van der Waals surface area contributed by atoms with Gasteiger partial charge in [-0.1, -0.05) is 67.0 Å². The molecule has 0 saturated carbocycles. The Morgan fingerprint density at radius 2 is 1.53 bits per heavy atom. The second-order valence-electron chi connectivity index (χ2n) is 9.55. The monoisotopic (exact) mass is 487 g/mol. The van der Waals surface area contributed by atoms with Crippen molar-refractivity contribution in [3.8, 4) is 5.75 Å². The van der Waals surface area contributed by atoms with E-state index >= 15 is 0 Å². The first-order valence-corrected chi connectivity index (χ1v) is 13.6. The first-order chi connectivity index (χ1) is 17.6. The fraction of sp³-hybridized carbons (Fsp3) is 0.424. The Hall–Kier alpha value is -3.07. The number of allylic oxidation sites excluding steroid dienone is 4. The fourth-order valence-electron chi connectivity index (χ4n) is 4.13. The number of hydrogen-bond donors (Lipinski definition) is 1. The van der Waals surface area contributed by atoms with Crippen LogP contribution >= 0.6 is 0 Å². The number of amides is 1. The minimum Gasteiger partial charge on any atom is -0.489 e. The lowest BCUT2D eigenvalue weighted by atomic mass is 10.0. The van der Waals surface area contributed by atoms with Crippen LogP contribution in [0.2, 0.25) is 0 Å². The maximum atomic E-state index is 12.6. The van der Waals surface area contributed by atoms with Crippen LogP contribution in [0, 0.1) is 0 Å². The number of nitrogens with one attached hydrogen (secondary N) is 1. The summed E-state index contributed by atoms with van der Waals surface area (Å²) in [6.07, 6.45) is 18.7. The van der Waals surface area contributed by atoms with Gasteiger partial charge in [0.1, 0.15) is 12.4 Å². The van der Waals surface area contributed by atoms with Crippen molar-refractivity contribution in [2.24, 2.45) is 0 Å². The molecule has 0 radical (unpaired) electrons. The highest BCUT2D eigenvalue weighted by Gasteiger charge is 2.07. The molecule has 1 amide bonds. The quantitative estimate of drug-likeness (QED) is 0.158. The van der Waals surface area contributed by atoms with E-state index < -0.39 is 0 Å². The van der Waals surface area contributed by atoms with Crippen LogP contribution in [0.1, 0.15) is 88.7 Å². The lowest BCUT2D eigenvalue weighted by Crippen LogP contribution is -2.11. The number of benzene rings is 2. The van der Waals surface area contributed by atoms with Crippen molar-refractivity contribution in [3.05, 3.63) is 96.6 Å². The van der Waals surface area contributed by atoms with E-state index in [-0.39, 0.29) is 5.91 Å². The standard InChI is InChI=1S/C33H45NO2/c1-4-6-8-10-11-16-23-33(35)34-31-24-30(22-17-19-28(3)18-13-9-7-5-2)25-32(26-31)36-27-29-20-14-12-15-21-29/h4-5,12,14-15,19-21,24-26H,1-2,6-11,13,16-18,22-23,27H2,3H3,(H,34,35)/b28-19-. The van der Waals surface area contributed by atoms with Crippen LogP contribution in [0.3, 0.4) is 0 Å². The van der Waals surface area contributed by atoms with Gasteiger partial charge >= 0.3 is 0 Å². The molecule has 0 unspecified atom stereocenters. The molecule has 2 aromatic carbocycles. The number of rotatable bonds is 19. The van der Waals surface area contributed by atoms with Crippen molar-refractivity contribution in [2.45, 2.75) is 90.6 Å². The predicted molar refractivity (Wildman–Crippen MR) is 154 cm³/mol. The maximum Gasteiger partial charge on any atom is 0.224 e. The molecule has 0 heterocycles. The summed E-state index contributed by atoms with van der Waals surface area (Å²) < 4.78 is 6.11. The Morgan fingerprint density at radius 3 is 2.28 bits per heavy atom. The summed E-state index contributed by atoms with van der Waals surface area (Å²) in [4.78, 5) is 12.6. The van der Waals surface area contributed by atoms with Crippen molar-refractivity contribution in [3.63, 3.8) is 0 Å². The van der Waals surface area contributed by atoms with Crippen molar-refractivity contribution >= 4 is 11.6 Å². The van der Waals surface area contributed by atoms with Crippen LogP contribution in [-0.4, -0.2) is 5.91 Å². The average molecular weight is 488 g/mol. The summed E-state index contributed by atoms with van der Waals surface area (Å²) in [5.74, 6) is 0.862. The third-order valence-corrected chi connectivity index (χ3v) is 6.22. The summed E-state index contributed by atoms with van der Waals surface area (Å²) in [6.45, 7) is 10.3. The van der Waals surface area contributed by atoms with E-state index in [0.717, 1.165) is 74.8 Å². The molecule has 0 aromatic heterocycles. The second-order valence-corrected chi connectivity index (χ2v) is 9.55. The number of aryl methyl sites for hydroxylation is 1. The molecule has 2 aromatic rings. The minimum absolute atomic E-state index is 0.0696. The number of carbonyl (C=O) groups excluding carboxylic acids is 1. The highest BCUT2D eigenvalue weighted by atomic mass is 16.5. The van der Waals surface area contributed by atoms with Crippen molar-refractivity contribution in [1.82, 2.24) is 0 Å². The van der Waals surface area contributed by atoms with E-state index in [1.54, 1.807) is 0 Å². The van der Waals surface area contributed by atoms with Gasteiger partial charge in [-0.2, -0.15) is 0 Å². The third kappa shape index (κ3) is 13.1. The summed E-state index contributed by atoms with van der Waals surface area (Å²) >= 11 is 0. The smallest absolute Gasteiger partial charge is 0.224 e. The Labute approximate surface area is 219 Å². The van der Waals surface area contributed by atoms with Gasteiger partial charge < -0.3 is 10.1 Å². The van der Waals surface area contributed by atoms with Gasteiger partial charge in [0.05, 0.1) is 0 Å². The molecule has 0 atom stereocenters. The summed E-state index contributed by atoms with van der Waals surface area (Å²) in [7, 11) is 0. The van der Waals surface area contributed by atoms with Gasteiger partial charge in [0, 0.05) is 18.2 Å². The largest absolute Gasteiger partial charge is 0.489 e. The number of carbonyl (C=O) groups is 1. The van der Waals surface area contributed by atoms with Gasteiger partial charge in [0.25, 0.3) is 0 Å². The molecular weight excluding hydrogens is 442 g/mol. The van der Waals surface area contributed by atoms with Gasteiger partial charge in [-0.05, 0) is 88.0 Å². The van der Waals surface area contributed by atoms with Crippen LogP contribution in [0.5, 0.6) is 5.75 Å². The molecule has 0 saturated heterocycles. The van der Waals surface area contributed by atoms with Crippen molar-refractivity contribution < 1.29 is 9.53 Å². The number of ether oxygens (including phenoxy) is 1. The lowest BCUT2D eigenvalue weighted by molar-refractivity contribution is -0.116. The van der Waals surface area contributed by atoms with Crippen molar-refractivity contribution in [1.29, 1.82) is 0 Å². The van der Waals surface area contributed by atoms with E-state index in [0.29, 0.717) is 13.0 Å². The number of anilines is 1. The molecule has 0 aliphatic carbocycles. The van der Waals surface area contributed by atoms with Crippen molar-refractivity contribution in [2.75, 3.05) is 5.32 Å². The lowest BCUT2D eigenvalue weighted by Gasteiger charge is -2.13. The van der Waals surface area contributed by atoms with Crippen LogP contribution in [0.4, 0.5) is 5.69 Å². The molecule has 36 heavy (non-hydrogen) atoms. The summed E-state index contributed by atoms with van der Waals surface area (Å²) in [5, 5.41) is 3.10. The van der Waals surface area contributed by atoms with Crippen LogP contribution < -0.4 is 10.1 Å². The molecule has 0 fully saturated rings. The third-order valence-electron chi connectivity index (χ3n) is 6.22. The van der Waals surface area contributed by atoms with Crippen LogP contribution in [0.25, 0.3) is 0 Å². The summed E-state index contributed by atoms with van der Waals surface area (Å²) in [5.41, 5.74) is 4.56. The SMILES string of the molecule is C=CCCCCCCC(=O)Nc1cc(CC/C=C(/C)CCCCC=C)cc(OCc2ccccc2)c1. The molecule has 1 N–H and O–H groups in total. The fourth-order valence-corrected chi connectivity index (χ4v) is 4.13. The van der Waals surface area contributed by atoms with E-state index in [2.05, 4.69) is 55.7 Å². The molecule has 194 valence electrons. The molecular formula is C33H45NO2. The topological polar surface area (TPSA) is 38.3 Å². The molecule has 2 rings (SSSR count).